The molecule has 1 saturated heterocycles. The van der Waals surface area contributed by atoms with Gasteiger partial charge in [0.05, 0.1) is 5.92 Å². The largest absolute Gasteiger partial charge is 0.489 e. The molecule has 240 valence electrons. The van der Waals surface area contributed by atoms with E-state index >= 15 is 0 Å². The molecule has 5 rings (SSSR count). The Morgan fingerprint density at radius 1 is 0.851 bits per heavy atom. The van der Waals surface area contributed by atoms with E-state index in [1.165, 1.54) is 5.56 Å². The van der Waals surface area contributed by atoms with Crippen LogP contribution in [0.3, 0.4) is 0 Å². The number of hydrogen-bond donors (Lipinski definition) is 2. The quantitative estimate of drug-likeness (QED) is 0.158. The van der Waals surface area contributed by atoms with Crippen molar-refractivity contribution in [3.8, 4) is 23.3 Å². The van der Waals surface area contributed by atoms with Crippen LogP contribution >= 0.6 is 15.9 Å². The number of hydrogen-bond acceptors (Lipinski definition) is 5. The Morgan fingerprint density at radius 2 is 1.45 bits per heavy atom. The highest BCUT2D eigenvalue weighted by molar-refractivity contribution is 9.10. The fourth-order valence-corrected chi connectivity index (χ4v) is 5.70. The fourth-order valence-electron chi connectivity index (χ4n) is 5.43. The van der Waals surface area contributed by atoms with Crippen molar-refractivity contribution in [3.05, 3.63) is 135 Å². The molecule has 0 atom stereocenters. The van der Waals surface area contributed by atoms with Gasteiger partial charge in [-0.05, 0) is 121 Å². The lowest BCUT2D eigenvalue weighted by molar-refractivity contribution is -0.143. The van der Waals surface area contributed by atoms with Gasteiger partial charge in [0.15, 0.2) is 6.61 Å². The van der Waals surface area contributed by atoms with Crippen molar-refractivity contribution in [2.24, 2.45) is 5.92 Å². The van der Waals surface area contributed by atoms with Crippen LogP contribution in [0.4, 0.5) is 0 Å². The molecule has 0 saturated carbocycles. The molecule has 1 aliphatic rings. The minimum absolute atomic E-state index is 0.218. The van der Waals surface area contributed by atoms with Crippen LogP contribution in [-0.2, 0) is 16.1 Å². The van der Waals surface area contributed by atoms with Crippen LogP contribution in [0.5, 0.6) is 11.5 Å². The van der Waals surface area contributed by atoms with Gasteiger partial charge in [-0.15, -0.1) is 0 Å². The molecule has 47 heavy (non-hydrogen) atoms. The topological polar surface area (TPSA) is 96.3 Å². The molecule has 4 aromatic carbocycles. The molecule has 0 bridgehead atoms. The molecule has 8 heteroatoms. The summed E-state index contributed by atoms with van der Waals surface area (Å²) in [6, 6.07) is 29.9. The number of rotatable bonds is 11. The van der Waals surface area contributed by atoms with E-state index < -0.39 is 18.5 Å². The molecular formula is C39H36BrNO6. The van der Waals surface area contributed by atoms with Gasteiger partial charge < -0.3 is 19.7 Å². The molecule has 0 unspecified atom stereocenters. The summed E-state index contributed by atoms with van der Waals surface area (Å²) in [7, 11) is 0. The summed E-state index contributed by atoms with van der Waals surface area (Å²) >= 11 is 3.52. The first-order valence-electron chi connectivity index (χ1n) is 15.4. The highest BCUT2D eigenvalue weighted by Gasteiger charge is 2.24. The second-order valence-electron chi connectivity index (χ2n) is 11.5. The van der Waals surface area contributed by atoms with Gasteiger partial charge in [0.2, 0.25) is 0 Å². The van der Waals surface area contributed by atoms with E-state index in [0.717, 1.165) is 57.5 Å². The summed E-state index contributed by atoms with van der Waals surface area (Å²) in [6.07, 6.45) is 3.45. The molecule has 0 radical (unpaired) electrons. The highest BCUT2D eigenvalue weighted by atomic mass is 79.9. The van der Waals surface area contributed by atoms with Crippen molar-refractivity contribution in [2.75, 3.05) is 26.3 Å². The molecule has 0 amide bonds. The minimum atomic E-state index is -1.02. The van der Waals surface area contributed by atoms with Crippen LogP contribution in [0.2, 0.25) is 0 Å². The number of carboxylic acid groups (broad SMARTS) is 2. The number of aryl methyl sites for hydroxylation is 1. The van der Waals surface area contributed by atoms with E-state index in [2.05, 4.69) is 69.1 Å². The standard InChI is InChI=1S/C39H36BrNO6/c1-27-24-35(16-17-37(27)47-26-38(42)43)46-23-20-36(32-12-14-34(40)15-13-32)31-10-8-29(9-11-31)3-2-28-4-6-30(7-5-28)25-41-21-18-33(19-22-41)39(44)45/h4-17,20,24,33H,18-19,21-23,25-26H2,1H3,(H,42,43)(H,44,45)/b36-20+. The van der Waals surface area contributed by atoms with Crippen LogP contribution < -0.4 is 9.47 Å². The van der Waals surface area contributed by atoms with Crippen LogP contribution in [0.25, 0.3) is 5.57 Å². The zero-order chi connectivity index (χ0) is 33.2. The predicted molar refractivity (Wildman–Crippen MR) is 186 cm³/mol. The third-order valence-electron chi connectivity index (χ3n) is 8.03. The van der Waals surface area contributed by atoms with Crippen molar-refractivity contribution < 1.29 is 29.3 Å². The smallest absolute Gasteiger partial charge is 0.341 e. The lowest BCUT2D eigenvalue weighted by atomic mass is 9.96. The molecule has 0 aromatic heterocycles. The van der Waals surface area contributed by atoms with Gasteiger partial charge in [0.1, 0.15) is 18.1 Å². The van der Waals surface area contributed by atoms with Crippen LogP contribution in [0.1, 0.15) is 46.2 Å². The van der Waals surface area contributed by atoms with Crippen molar-refractivity contribution >= 4 is 33.4 Å². The zero-order valence-electron chi connectivity index (χ0n) is 26.1. The molecule has 1 fully saturated rings. The van der Waals surface area contributed by atoms with E-state index in [-0.39, 0.29) is 5.92 Å². The summed E-state index contributed by atoms with van der Waals surface area (Å²) in [4.78, 5) is 24.3. The highest BCUT2D eigenvalue weighted by Crippen LogP contribution is 2.27. The maximum absolute atomic E-state index is 11.2. The maximum atomic E-state index is 11.2. The first-order chi connectivity index (χ1) is 22.7. The van der Waals surface area contributed by atoms with Gasteiger partial charge in [-0.2, -0.15) is 0 Å². The summed E-state index contributed by atoms with van der Waals surface area (Å²) < 4.78 is 12.3. The number of nitrogens with zero attached hydrogens (tertiary/aromatic N) is 1. The van der Waals surface area contributed by atoms with Gasteiger partial charge in [-0.25, -0.2) is 4.79 Å². The van der Waals surface area contributed by atoms with Gasteiger partial charge in [0, 0.05) is 22.1 Å². The number of carbonyl (C=O) groups is 2. The van der Waals surface area contributed by atoms with Crippen molar-refractivity contribution in [3.63, 3.8) is 0 Å². The molecule has 1 heterocycles. The number of ether oxygens (including phenoxy) is 2. The number of halogens is 1. The number of carboxylic acids is 2. The minimum Gasteiger partial charge on any atom is -0.489 e. The third-order valence-corrected chi connectivity index (χ3v) is 8.56. The van der Waals surface area contributed by atoms with Crippen LogP contribution in [-0.4, -0.2) is 53.4 Å². The molecular weight excluding hydrogens is 658 g/mol. The summed E-state index contributed by atoms with van der Waals surface area (Å²) in [5, 5.41) is 18.1. The van der Waals surface area contributed by atoms with Gasteiger partial charge in [-0.3, -0.25) is 9.69 Å². The normalized spacial score (nSPS) is 13.8. The summed E-state index contributed by atoms with van der Waals surface area (Å²) in [5.41, 5.74) is 6.95. The SMILES string of the molecule is Cc1cc(OC/C=C(/c2ccc(Br)cc2)c2ccc(C#Cc3ccc(CN4CCC(C(=O)O)CC4)cc3)cc2)ccc1OCC(=O)O. The Labute approximate surface area is 283 Å². The Hall–Kier alpha value is -4.84. The maximum Gasteiger partial charge on any atom is 0.341 e. The number of likely N-dealkylation sites (tertiary alicyclic amines) is 1. The lowest BCUT2D eigenvalue weighted by Gasteiger charge is -2.29. The van der Waals surface area contributed by atoms with Crippen molar-refractivity contribution in [1.29, 1.82) is 0 Å². The lowest BCUT2D eigenvalue weighted by Crippen LogP contribution is -2.35. The number of piperidine rings is 1. The van der Waals surface area contributed by atoms with Gasteiger partial charge in [0.25, 0.3) is 0 Å². The second-order valence-corrected chi connectivity index (χ2v) is 12.4. The zero-order valence-corrected chi connectivity index (χ0v) is 27.7. The first-order valence-corrected chi connectivity index (χ1v) is 16.2. The summed E-state index contributed by atoms with van der Waals surface area (Å²) in [6.45, 7) is 4.22. The van der Waals surface area contributed by atoms with Gasteiger partial charge in [-0.1, -0.05) is 64.2 Å². The molecule has 0 aliphatic carbocycles. The fraction of sp³-hybridized carbons (Fsp3) is 0.231. The third kappa shape index (κ3) is 9.82. The first kappa shape index (κ1) is 33.5. The Kier molecular flexibility index (Phi) is 11.5. The average Bonchev–Trinajstić information content (AvgIpc) is 3.07. The average molecular weight is 695 g/mol. The van der Waals surface area contributed by atoms with E-state index in [4.69, 9.17) is 14.6 Å². The Bertz CT molecular complexity index is 1780. The predicted octanol–water partition coefficient (Wildman–Crippen LogP) is 7.43. The Balaban J connectivity index is 1.23. The molecule has 2 N–H and O–H groups in total. The van der Waals surface area contributed by atoms with Gasteiger partial charge >= 0.3 is 11.9 Å². The molecule has 7 nitrogen and oxygen atoms in total. The number of aliphatic carboxylic acids is 2. The molecule has 4 aromatic rings. The van der Waals surface area contributed by atoms with E-state index in [9.17, 15) is 14.7 Å². The number of benzene rings is 4. The van der Waals surface area contributed by atoms with Crippen LogP contribution in [0.15, 0.2) is 102 Å². The van der Waals surface area contributed by atoms with Crippen LogP contribution in [0, 0.1) is 24.7 Å². The van der Waals surface area contributed by atoms with E-state index in [0.29, 0.717) is 30.9 Å². The van der Waals surface area contributed by atoms with Crippen molar-refractivity contribution in [1.82, 2.24) is 4.90 Å². The molecule has 0 spiro atoms. The van der Waals surface area contributed by atoms with E-state index in [1.807, 2.05) is 55.5 Å². The Morgan fingerprint density at radius 3 is 2.02 bits per heavy atom. The second kappa shape index (κ2) is 16.1. The van der Waals surface area contributed by atoms with E-state index in [1.54, 1.807) is 12.1 Å². The van der Waals surface area contributed by atoms with Crippen molar-refractivity contribution in [2.45, 2.75) is 26.3 Å². The monoisotopic (exact) mass is 693 g/mol. The molecule has 1 aliphatic heterocycles. The summed E-state index contributed by atoms with van der Waals surface area (Å²) in [5.74, 6) is 5.79.